The largest absolute Gasteiger partial charge is 0.368 e. The Balaban J connectivity index is 1.34. The number of fused-ring (bicyclic) bond motifs is 1. The first-order chi connectivity index (χ1) is 21.1. The molecule has 4 aromatic rings. The lowest BCUT2D eigenvalue weighted by molar-refractivity contribution is -0.252. The van der Waals surface area contributed by atoms with Crippen LogP contribution in [0.3, 0.4) is 0 Å². The average Bonchev–Trinajstić information content (AvgIpc) is 3.37. The van der Waals surface area contributed by atoms with Crippen LogP contribution >= 0.6 is 0 Å². The zero-order valence-electron chi connectivity index (χ0n) is 24.8. The zero-order valence-corrected chi connectivity index (χ0v) is 24.8. The van der Waals surface area contributed by atoms with Crippen molar-refractivity contribution in [1.82, 2.24) is 0 Å². The van der Waals surface area contributed by atoms with Gasteiger partial charge in [0.15, 0.2) is 5.79 Å². The molecule has 43 heavy (non-hydrogen) atoms. The van der Waals surface area contributed by atoms with Crippen molar-refractivity contribution in [1.29, 1.82) is 0 Å². The van der Waals surface area contributed by atoms with Gasteiger partial charge in [-0.25, -0.2) is 0 Å². The summed E-state index contributed by atoms with van der Waals surface area (Å²) in [4.78, 5) is 0. The molecule has 2 fully saturated rings. The normalized spacial score (nSPS) is 26.2. The molecule has 1 saturated heterocycles. The second-order valence-corrected chi connectivity index (χ2v) is 11.6. The molecule has 0 amide bonds. The van der Waals surface area contributed by atoms with E-state index < -0.39 is 42.4 Å². The molecule has 1 aliphatic carbocycles. The van der Waals surface area contributed by atoms with Crippen molar-refractivity contribution in [2.24, 2.45) is 0 Å². The maximum Gasteiger partial charge on any atom is 0.164 e. The monoisotopic (exact) mass is 580 g/mol. The van der Waals surface area contributed by atoms with Crippen LogP contribution in [0.1, 0.15) is 36.1 Å². The van der Waals surface area contributed by atoms with Crippen LogP contribution in [0.25, 0.3) is 0 Å². The van der Waals surface area contributed by atoms with Crippen LogP contribution in [-0.4, -0.2) is 42.4 Å². The second kappa shape index (κ2) is 14.0. The molecule has 0 aromatic heterocycles. The predicted octanol–water partition coefficient (Wildman–Crippen LogP) is 6.86. The molecule has 2 aliphatic rings. The molecule has 6 rings (SSSR count). The van der Waals surface area contributed by atoms with Crippen molar-refractivity contribution < 1.29 is 28.4 Å². The van der Waals surface area contributed by atoms with Crippen LogP contribution in [0, 0.1) is 0 Å². The van der Waals surface area contributed by atoms with E-state index in [1.165, 1.54) is 0 Å². The van der Waals surface area contributed by atoms with Gasteiger partial charge in [0.05, 0.1) is 26.4 Å². The Labute approximate surface area is 254 Å². The van der Waals surface area contributed by atoms with Gasteiger partial charge < -0.3 is 28.4 Å². The Morgan fingerprint density at radius 3 is 0.953 bits per heavy atom. The molecular formula is C37H40O6. The van der Waals surface area contributed by atoms with Gasteiger partial charge in [0.25, 0.3) is 0 Å². The van der Waals surface area contributed by atoms with Crippen LogP contribution in [-0.2, 0) is 54.8 Å². The Bertz CT molecular complexity index is 1280. The quantitative estimate of drug-likeness (QED) is 0.183. The average molecular weight is 581 g/mol. The Kier molecular flexibility index (Phi) is 9.64. The van der Waals surface area contributed by atoms with Gasteiger partial charge in [-0.3, -0.25) is 0 Å². The maximum atomic E-state index is 6.76. The van der Waals surface area contributed by atoms with Crippen LogP contribution in [0.15, 0.2) is 121 Å². The standard InChI is InChI=1S/C37H40O6/c1-37(2)42-35-33(40-25-29-19-11-5-12-20-29)31(38-23-27-15-7-3-8-16-27)32(39-24-28-17-9-4-10-18-28)34(36(35)43-37)41-26-30-21-13-6-14-22-30/h3-22,31-36H,23-26H2,1-2H3/t31-,32-,33+,34+,35-,36+/m1/s1. The molecule has 0 spiro atoms. The summed E-state index contributed by atoms with van der Waals surface area (Å²) in [5.74, 6) is -0.823. The van der Waals surface area contributed by atoms with E-state index >= 15 is 0 Å². The van der Waals surface area contributed by atoms with Gasteiger partial charge in [-0.15, -0.1) is 0 Å². The summed E-state index contributed by atoms with van der Waals surface area (Å²) in [5, 5.41) is 0. The minimum atomic E-state index is -0.823. The summed E-state index contributed by atoms with van der Waals surface area (Å²) < 4.78 is 40.1. The number of ether oxygens (including phenoxy) is 6. The molecule has 0 N–H and O–H groups in total. The van der Waals surface area contributed by atoms with E-state index in [4.69, 9.17) is 28.4 Å². The first-order valence-corrected chi connectivity index (χ1v) is 15.0. The molecule has 1 saturated carbocycles. The zero-order chi connectivity index (χ0) is 29.5. The van der Waals surface area contributed by atoms with E-state index in [9.17, 15) is 0 Å². The number of hydrogen-bond donors (Lipinski definition) is 0. The highest BCUT2D eigenvalue weighted by molar-refractivity contribution is 5.18. The summed E-state index contributed by atoms with van der Waals surface area (Å²) in [5.41, 5.74) is 4.28. The second-order valence-electron chi connectivity index (χ2n) is 11.6. The summed E-state index contributed by atoms with van der Waals surface area (Å²) >= 11 is 0. The Hall–Kier alpha value is -3.36. The van der Waals surface area contributed by atoms with Crippen molar-refractivity contribution >= 4 is 0 Å². The van der Waals surface area contributed by atoms with Crippen LogP contribution in [0.5, 0.6) is 0 Å². The Morgan fingerprint density at radius 1 is 0.419 bits per heavy atom. The minimum Gasteiger partial charge on any atom is -0.368 e. The summed E-state index contributed by atoms with van der Waals surface area (Å²) in [6, 6.07) is 40.7. The van der Waals surface area contributed by atoms with Crippen LogP contribution in [0.4, 0.5) is 0 Å². The molecular weight excluding hydrogens is 540 g/mol. The van der Waals surface area contributed by atoms with Gasteiger partial charge in [0, 0.05) is 0 Å². The van der Waals surface area contributed by atoms with E-state index in [1.807, 2.05) is 86.6 Å². The van der Waals surface area contributed by atoms with Crippen molar-refractivity contribution in [3.05, 3.63) is 144 Å². The molecule has 6 nitrogen and oxygen atoms in total. The van der Waals surface area contributed by atoms with E-state index in [0.717, 1.165) is 22.3 Å². The van der Waals surface area contributed by atoms with E-state index in [0.29, 0.717) is 26.4 Å². The van der Waals surface area contributed by atoms with Crippen molar-refractivity contribution in [3.8, 4) is 0 Å². The number of hydrogen-bond acceptors (Lipinski definition) is 6. The van der Waals surface area contributed by atoms with Crippen molar-refractivity contribution in [2.45, 2.75) is 82.7 Å². The first-order valence-electron chi connectivity index (χ1n) is 15.0. The smallest absolute Gasteiger partial charge is 0.164 e. The van der Waals surface area contributed by atoms with Crippen molar-refractivity contribution in [3.63, 3.8) is 0 Å². The molecule has 0 radical (unpaired) electrons. The molecule has 6 heteroatoms. The molecule has 6 atom stereocenters. The van der Waals surface area contributed by atoms with Crippen molar-refractivity contribution in [2.75, 3.05) is 0 Å². The molecule has 1 heterocycles. The highest BCUT2D eigenvalue weighted by atomic mass is 16.8. The summed E-state index contributed by atoms with van der Waals surface area (Å²) in [6.07, 6.45) is -2.76. The fourth-order valence-electron chi connectivity index (χ4n) is 5.90. The topological polar surface area (TPSA) is 55.4 Å². The molecule has 4 aromatic carbocycles. The van der Waals surface area contributed by atoms with Gasteiger partial charge in [-0.05, 0) is 36.1 Å². The SMILES string of the molecule is CC1(C)O[C@@H]2[C@@H](OCc3ccccc3)[C@H](OCc3ccccc3)[C@@H](OCc3ccccc3)[C@H](OCc3ccccc3)[C@@H]2O1. The third kappa shape index (κ3) is 7.60. The van der Waals surface area contributed by atoms with Gasteiger partial charge in [-0.1, -0.05) is 121 Å². The first kappa shape index (κ1) is 29.7. The van der Waals surface area contributed by atoms with Gasteiger partial charge in [0.1, 0.15) is 36.6 Å². The van der Waals surface area contributed by atoms with Crippen LogP contribution < -0.4 is 0 Å². The molecule has 0 unspecified atom stereocenters. The summed E-state index contributed by atoms with van der Waals surface area (Å²) in [7, 11) is 0. The highest BCUT2D eigenvalue weighted by Crippen LogP contribution is 2.42. The lowest BCUT2D eigenvalue weighted by Gasteiger charge is -2.46. The maximum absolute atomic E-state index is 6.76. The van der Waals surface area contributed by atoms with Crippen LogP contribution in [0.2, 0.25) is 0 Å². The third-order valence-electron chi connectivity index (χ3n) is 7.92. The summed E-state index contributed by atoms with van der Waals surface area (Å²) in [6.45, 7) is 5.49. The fourth-order valence-corrected chi connectivity index (χ4v) is 5.90. The van der Waals surface area contributed by atoms with E-state index in [1.54, 1.807) is 0 Å². The highest BCUT2D eigenvalue weighted by Gasteiger charge is 2.60. The molecule has 0 bridgehead atoms. The predicted molar refractivity (Wildman–Crippen MR) is 164 cm³/mol. The number of benzene rings is 4. The third-order valence-corrected chi connectivity index (χ3v) is 7.92. The fraction of sp³-hybridized carbons (Fsp3) is 0.351. The van der Waals surface area contributed by atoms with Gasteiger partial charge >= 0.3 is 0 Å². The molecule has 1 aliphatic heterocycles. The minimum absolute atomic E-state index is 0.398. The van der Waals surface area contributed by atoms with E-state index in [2.05, 4.69) is 48.5 Å². The molecule has 224 valence electrons. The lowest BCUT2D eigenvalue weighted by atomic mass is 9.84. The van der Waals surface area contributed by atoms with Gasteiger partial charge in [0.2, 0.25) is 0 Å². The Morgan fingerprint density at radius 2 is 0.674 bits per heavy atom. The lowest BCUT2D eigenvalue weighted by Crippen LogP contribution is -2.65. The van der Waals surface area contributed by atoms with Gasteiger partial charge in [-0.2, -0.15) is 0 Å². The van der Waals surface area contributed by atoms with E-state index in [-0.39, 0.29) is 0 Å². The number of rotatable bonds is 12.